The van der Waals surface area contributed by atoms with Gasteiger partial charge in [0.1, 0.15) is 18.4 Å². The lowest BCUT2D eigenvalue weighted by atomic mass is 10.0. The van der Waals surface area contributed by atoms with E-state index in [2.05, 4.69) is 15.9 Å². The summed E-state index contributed by atoms with van der Waals surface area (Å²) in [6.07, 6.45) is -0.555. The number of benzene rings is 3. The molecule has 35 heavy (non-hydrogen) atoms. The van der Waals surface area contributed by atoms with Crippen LogP contribution in [0.15, 0.2) is 95.7 Å². The molecular formula is C27H21BrF3NO3. The van der Waals surface area contributed by atoms with Gasteiger partial charge in [-0.15, -0.1) is 0 Å². The number of nitrogens with zero attached hydrogens (tertiary/aromatic N) is 1. The second kappa shape index (κ2) is 10.4. The molecule has 1 atom stereocenters. The number of carbonyl (C=O) groups is 1. The number of hydrogen-bond donors (Lipinski definition) is 1. The number of hydrogen-bond acceptors (Lipinski definition) is 2. The van der Waals surface area contributed by atoms with Crippen LogP contribution in [0.1, 0.15) is 22.7 Å². The Labute approximate surface area is 208 Å². The van der Waals surface area contributed by atoms with Crippen molar-refractivity contribution in [2.24, 2.45) is 0 Å². The topological polar surface area (TPSA) is 51.5 Å². The van der Waals surface area contributed by atoms with E-state index >= 15 is 0 Å². The summed E-state index contributed by atoms with van der Waals surface area (Å²) in [4.78, 5) is 11.7. The number of rotatable bonds is 8. The number of alkyl halides is 3. The highest BCUT2D eigenvalue weighted by atomic mass is 79.9. The molecule has 0 aliphatic carbocycles. The van der Waals surface area contributed by atoms with Gasteiger partial charge in [-0.05, 0) is 68.5 Å². The first-order valence-corrected chi connectivity index (χ1v) is 11.5. The lowest BCUT2D eigenvalue weighted by Gasteiger charge is -2.15. The lowest BCUT2D eigenvalue weighted by Crippen LogP contribution is -2.20. The summed E-state index contributed by atoms with van der Waals surface area (Å²) in [5.41, 5.74) is 2.63. The molecule has 4 rings (SSSR count). The van der Waals surface area contributed by atoms with Crippen LogP contribution in [0.25, 0.3) is 11.1 Å². The molecule has 0 saturated heterocycles. The van der Waals surface area contributed by atoms with Gasteiger partial charge in [-0.3, -0.25) is 0 Å². The van der Waals surface area contributed by atoms with Gasteiger partial charge >= 0.3 is 12.1 Å². The molecule has 0 saturated carbocycles. The van der Waals surface area contributed by atoms with Crippen molar-refractivity contribution in [2.45, 2.75) is 25.2 Å². The van der Waals surface area contributed by atoms with Gasteiger partial charge in [0.05, 0.1) is 5.56 Å². The first-order valence-electron chi connectivity index (χ1n) is 10.7. The van der Waals surface area contributed by atoms with Gasteiger partial charge in [0, 0.05) is 23.3 Å². The lowest BCUT2D eigenvalue weighted by molar-refractivity contribution is -0.141. The summed E-state index contributed by atoms with van der Waals surface area (Å²) in [7, 11) is 0. The van der Waals surface area contributed by atoms with Crippen LogP contribution in [0.5, 0.6) is 5.75 Å². The summed E-state index contributed by atoms with van der Waals surface area (Å²) in [5.74, 6) is -0.260. The quantitative estimate of drug-likeness (QED) is 0.252. The zero-order valence-electron chi connectivity index (χ0n) is 18.4. The van der Waals surface area contributed by atoms with Gasteiger partial charge in [0.15, 0.2) is 0 Å². The van der Waals surface area contributed by atoms with Gasteiger partial charge in [0.25, 0.3) is 0 Å². The van der Waals surface area contributed by atoms with Gasteiger partial charge in [-0.25, -0.2) is 4.79 Å². The first kappa shape index (κ1) is 24.6. The van der Waals surface area contributed by atoms with Crippen molar-refractivity contribution in [3.05, 3.63) is 112 Å². The molecular weight excluding hydrogens is 523 g/mol. The summed E-state index contributed by atoms with van der Waals surface area (Å²) < 4.78 is 46.5. The molecule has 4 nitrogen and oxygen atoms in total. The molecule has 8 heteroatoms. The van der Waals surface area contributed by atoms with E-state index in [1.807, 2.05) is 36.4 Å². The van der Waals surface area contributed by atoms with E-state index < -0.39 is 23.8 Å². The first-order chi connectivity index (χ1) is 16.7. The van der Waals surface area contributed by atoms with E-state index in [1.54, 1.807) is 35.2 Å². The van der Waals surface area contributed by atoms with Crippen LogP contribution < -0.4 is 4.74 Å². The van der Waals surface area contributed by atoms with Crippen LogP contribution in [0.4, 0.5) is 13.2 Å². The molecule has 1 aromatic heterocycles. The summed E-state index contributed by atoms with van der Waals surface area (Å²) in [6.45, 7) is 0.321. The number of aliphatic carboxylic acids is 1. The van der Waals surface area contributed by atoms with Crippen molar-refractivity contribution < 1.29 is 27.8 Å². The molecule has 0 spiro atoms. The Morgan fingerprint density at radius 2 is 1.46 bits per heavy atom. The van der Waals surface area contributed by atoms with E-state index in [1.165, 1.54) is 12.1 Å². The molecule has 4 aromatic rings. The zero-order chi connectivity index (χ0) is 25.0. The number of halogens is 4. The predicted octanol–water partition coefficient (Wildman–Crippen LogP) is 7.38. The molecule has 0 amide bonds. The molecule has 0 fully saturated rings. The molecule has 0 bridgehead atoms. The fraction of sp³-hybridized carbons (Fsp3) is 0.148. The average Bonchev–Trinajstić information content (AvgIpc) is 3.27. The molecule has 1 N–H and O–H groups in total. The second-order valence-corrected chi connectivity index (χ2v) is 8.96. The number of ether oxygens (including phenoxy) is 1. The molecule has 1 heterocycles. The van der Waals surface area contributed by atoms with Crippen molar-refractivity contribution in [3.63, 3.8) is 0 Å². The van der Waals surface area contributed by atoms with E-state index in [-0.39, 0.29) is 0 Å². The Morgan fingerprint density at radius 1 is 0.886 bits per heavy atom. The van der Waals surface area contributed by atoms with Crippen molar-refractivity contribution in [1.29, 1.82) is 0 Å². The normalized spacial score (nSPS) is 12.3. The Hall–Kier alpha value is -3.52. The number of carboxylic acid groups (broad SMARTS) is 1. The van der Waals surface area contributed by atoms with Crippen LogP contribution in [0.2, 0.25) is 0 Å². The van der Waals surface area contributed by atoms with Crippen LogP contribution in [-0.4, -0.2) is 15.6 Å². The van der Waals surface area contributed by atoms with Crippen LogP contribution >= 0.6 is 15.9 Å². The van der Waals surface area contributed by atoms with E-state index in [9.17, 15) is 23.1 Å². The predicted molar refractivity (Wildman–Crippen MR) is 130 cm³/mol. The molecule has 180 valence electrons. The molecule has 1 unspecified atom stereocenters. The van der Waals surface area contributed by atoms with Crippen LogP contribution in [0.3, 0.4) is 0 Å². The average molecular weight is 544 g/mol. The van der Waals surface area contributed by atoms with E-state index in [0.717, 1.165) is 33.3 Å². The standard InChI is InChI=1S/C27H21BrF3NO3/c28-23-13-14-32(16-23)25(26(33)34)15-18-3-11-24(12-4-18)35-17-19-1-5-20(6-2-19)21-7-9-22(10-8-21)27(29,30)31/h1-14,16,25H,15,17H2,(H,33,34). The zero-order valence-corrected chi connectivity index (χ0v) is 20.0. The van der Waals surface area contributed by atoms with Gasteiger partial charge in [-0.1, -0.05) is 48.5 Å². The maximum Gasteiger partial charge on any atom is 0.416 e. The highest BCUT2D eigenvalue weighted by Crippen LogP contribution is 2.31. The van der Waals surface area contributed by atoms with Crippen molar-refractivity contribution >= 4 is 21.9 Å². The summed E-state index contributed by atoms with van der Waals surface area (Å²) >= 11 is 3.34. The third-order valence-corrected chi connectivity index (χ3v) is 6.05. The molecule has 3 aromatic carbocycles. The highest BCUT2D eigenvalue weighted by molar-refractivity contribution is 9.10. The van der Waals surface area contributed by atoms with Gasteiger partial charge in [0.2, 0.25) is 0 Å². The maximum absolute atomic E-state index is 12.7. The molecule has 0 aliphatic heterocycles. The fourth-order valence-electron chi connectivity index (χ4n) is 3.66. The molecule has 0 radical (unpaired) electrons. The minimum atomic E-state index is -4.35. The summed E-state index contributed by atoms with van der Waals surface area (Å²) in [6, 6.07) is 20.9. The van der Waals surface area contributed by atoms with Crippen molar-refractivity contribution in [3.8, 4) is 16.9 Å². The van der Waals surface area contributed by atoms with E-state index in [4.69, 9.17) is 4.74 Å². The SMILES string of the molecule is O=C(O)C(Cc1ccc(OCc2ccc(-c3ccc(C(F)(F)F)cc3)cc2)cc1)n1ccc(Br)c1. The Balaban J connectivity index is 1.34. The maximum atomic E-state index is 12.7. The monoisotopic (exact) mass is 543 g/mol. The van der Waals surface area contributed by atoms with Crippen molar-refractivity contribution in [2.75, 3.05) is 0 Å². The summed E-state index contributed by atoms with van der Waals surface area (Å²) in [5, 5.41) is 9.59. The minimum Gasteiger partial charge on any atom is -0.489 e. The smallest absolute Gasteiger partial charge is 0.416 e. The third-order valence-electron chi connectivity index (χ3n) is 5.58. The Kier molecular flexibility index (Phi) is 7.31. The molecule has 0 aliphatic rings. The minimum absolute atomic E-state index is 0.321. The van der Waals surface area contributed by atoms with Crippen LogP contribution in [0, 0.1) is 0 Å². The largest absolute Gasteiger partial charge is 0.489 e. The highest BCUT2D eigenvalue weighted by Gasteiger charge is 2.30. The van der Waals surface area contributed by atoms with E-state index in [0.29, 0.717) is 24.3 Å². The Morgan fingerprint density at radius 3 is 1.97 bits per heavy atom. The second-order valence-electron chi connectivity index (χ2n) is 8.04. The Bertz CT molecular complexity index is 1280. The van der Waals surface area contributed by atoms with Gasteiger partial charge < -0.3 is 14.4 Å². The van der Waals surface area contributed by atoms with Gasteiger partial charge in [-0.2, -0.15) is 13.2 Å². The van der Waals surface area contributed by atoms with Crippen LogP contribution in [-0.2, 0) is 24.0 Å². The van der Waals surface area contributed by atoms with Crippen molar-refractivity contribution in [1.82, 2.24) is 4.57 Å². The number of aromatic nitrogens is 1. The third kappa shape index (κ3) is 6.33. The fourth-order valence-corrected chi connectivity index (χ4v) is 4.01. The number of carboxylic acids is 1.